The van der Waals surface area contributed by atoms with Gasteiger partial charge in [0.05, 0.1) is 13.7 Å². The highest BCUT2D eigenvalue weighted by atomic mass is 16.5. The van der Waals surface area contributed by atoms with Crippen molar-refractivity contribution in [2.24, 2.45) is 4.99 Å². The van der Waals surface area contributed by atoms with Crippen LogP contribution in [0.5, 0.6) is 5.75 Å². The van der Waals surface area contributed by atoms with E-state index in [0.717, 1.165) is 36.9 Å². The van der Waals surface area contributed by atoms with E-state index in [4.69, 9.17) is 4.74 Å². The van der Waals surface area contributed by atoms with Crippen LogP contribution in [0.3, 0.4) is 0 Å². The second-order valence-corrected chi connectivity index (χ2v) is 6.61. The van der Waals surface area contributed by atoms with Crippen molar-refractivity contribution in [1.82, 2.24) is 16.0 Å². The summed E-state index contributed by atoms with van der Waals surface area (Å²) in [5.74, 6) is 1.71. The van der Waals surface area contributed by atoms with Gasteiger partial charge in [0.1, 0.15) is 5.75 Å². The van der Waals surface area contributed by atoms with E-state index < -0.39 is 0 Å². The van der Waals surface area contributed by atoms with Gasteiger partial charge in [-0.25, -0.2) is 4.99 Å². The van der Waals surface area contributed by atoms with Crippen LogP contribution in [0.2, 0.25) is 0 Å². The standard InChI is InChI=1S/C18H32N4O/c1-7-19-17(20-10-11-22-18(3,4)5)21-13-15-9-8-14(2)12-16(15)23-6/h8-9,12,22H,7,10-11,13H2,1-6H3,(H2,19,20,21). The molecular weight excluding hydrogens is 288 g/mol. The largest absolute Gasteiger partial charge is 0.496 e. The predicted octanol–water partition coefficient (Wildman–Crippen LogP) is 2.45. The van der Waals surface area contributed by atoms with E-state index in [-0.39, 0.29) is 5.54 Å². The SMILES string of the molecule is CCNC(=NCc1ccc(C)cc1OC)NCCNC(C)(C)C. The average molecular weight is 320 g/mol. The first kappa shape index (κ1) is 19.3. The molecule has 0 aromatic heterocycles. The summed E-state index contributed by atoms with van der Waals surface area (Å²) in [5.41, 5.74) is 2.41. The van der Waals surface area contributed by atoms with E-state index in [1.54, 1.807) is 7.11 Å². The molecule has 0 aliphatic heterocycles. The van der Waals surface area contributed by atoms with Crippen LogP contribution in [0.15, 0.2) is 23.2 Å². The molecule has 0 atom stereocenters. The van der Waals surface area contributed by atoms with Gasteiger partial charge in [-0.1, -0.05) is 12.1 Å². The fraction of sp³-hybridized carbons (Fsp3) is 0.611. The van der Waals surface area contributed by atoms with E-state index >= 15 is 0 Å². The molecule has 130 valence electrons. The molecule has 0 aliphatic carbocycles. The zero-order valence-corrected chi connectivity index (χ0v) is 15.4. The highest BCUT2D eigenvalue weighted by Gasteiger charge is 2.08. The summed E-state index contributed by atoms with van der Waals surface area (Å²) in [5, 5.41) is 10.1. The number of methoxy groups -OCH3 is 1. The molecule has 0 fully saturated rings. The second-order valence-electron chi connectivity index (χ2n) is 6.61. The van der Waals surface area contributed by atoms with Gasteiger partial charge >= 0.3 is 0 Å². The lowest BCUT2D eigenvalue weighted by atomic mass is 10.1. The van der Waals surface area contributed by atoms with Crippen molar-refractivity contribution in [2.45, 2.75) is 46.7 Å². The summed E-state index contributed by atoms with van der Waals surface area (Å²) in [6.07, 6.45) is 0. The molecule has 0 saturated carbocycles. The number of benzene rings is 1. The predicted molar refractivity (Wildman–Crippen MR) is 98.3 cm³/mol. The van der Waals surface area contributed by atoms with Gasteiger partial charge in [0.25, 0.3) is 0 Å². The van der Waals surface area contributed by atoms with E-state index in [0.29, 0.717) is 6.54 Å². The number of nitrogens with one attached hydrogen (secondary N) is 3. The van der Waals surface area contributed by atoms with Crippen LogP contribution < -0.4 is 20.7 Å². The molecule has 5 nitrogen and oxygen atoms in total. The molecule has 0 spiro atoms. The van der Waals surface area contributed by atoms with Crippen LogP contribution >= 0.6 is 0 Å². The first-order valence-electron chi connectivity index (χ1n) is 8.26. The molecule has 0 radical (unpaired) electrons. The Kier molecular flexibility index (Phi) is 7.89. The van der Waals surface area contributed by atoms with E-state index in [1.807, 2.05) is 6.07 Å². The van der Waals surface area contributed by atoms with Gasteiger partial charge in [0.15, 0.2) is 5.96 Å². The van der Waals surface area contributed by atoms with Crippen molar-refractivity contribution in [2.75, 3.05) is 26.7 Å². The van der Waals surface area contributed by atoms with Crippen molar-refractivity contribution in [3.05, 3.63) is 29.3 Å². The van der Waals surface area contributed by atoms with Crippen molar-refractivity contribution in [3.63, 3.8) is 0 Å². The van der Waals surface area contributed by atoms with E-state index in [1.165, 1.54) is 5.56 Å². The topological polar surface area (TPSA) is 57.7 Å². The molecule has 0 saturated heterocycles. The third-order valence-electron chi connectivity index (χ3n) is 3.27. The number of hydrogen-bond donors (Lipinski definition) is 3. The number of ether oxygens (including phenoxy) is 1. The van der Waals surface area contributed by atoms with Crippen LogP contribution in [0, 0.1) is 6.92 Å². The minimum atomic E-state index is 0.131. The lowest BCUT2D eigenvalue weighted by Gasteiger charge is -2.21. The Morgan fingerprint density at radius 2 is 1.91 bits per heavy atom. The van der Waals surface area contributed by atoms with Gasteiger partial charge in [0, 0.05) is 30.7 Å². The molecule has 1 aromatic carbocycles. The molecule has 0 heterocycles. The monoisotopic (exact) mass is 320 g/mol. The quantitative estimate of drug-likeness (QED) is 0.410. The first-order valence-corrected chi connectivity index (χ1v) is 8.26. The third-order valence-corrected chi connectivity index (χ3v) is 3.27. The zero-order chi connectivity index (χ0) is 17.3. The van der Waals surface area contributed by atoms with Gasteiger partial charge in [-0.3, -0.25) is 0 Å². The Morgan fingerprint density at radius 1 is 1.17 bits per heavy atom. The van der Waals surface area contributed by atoms with Crippen molar-refractivity contribution in [1.29, 1.82) is 0 Å². The number of hydrogen-bond acceptors (Lipinski definition) is 3. The van der Waals surface area contributed by atoms with Gasteiger partial charge in [-0.2, -0.15) is 0 Å². The van der Waals surface area contributed by atoms with Gasteiger partial charge in [0.2, 0.25) is 0 Å². The fourth-order valence-corrected chi connectivity index (χ4v) is 2.11. The Balaban J connectivity index is 2.61. The van der Waals surface area contributed by atoms with Gasteiger partial charge < -0.3 is 20.7 Å². The molecule has 0 amide bonds. The molecule has 1 aromatic rings. The lowest BCUT2D eigenvalue weighted by molar-refractivity contribution is 0.409. The highest BCUT2D eigenvalue weighted by Crippen LogP contribution is 2.20. The van der Waals surface area contributed by atoms with Crippen LogP contribution in [0.25, 0.3) is 0 Å². The lowest BCUT2D eigenvalue weighted by Crippen LogP contribution is -2.44. The molecule has 1 rings (SSSR count). The second kappa shape index (κ2) is 9.40. The molecule has 3 N–H and O–H groups in total. The Hall–Kier alpha value is -1.75. The summed E-state index contributed by atoms with van der Waals surface area (Å²) in [7, 11) is 1.70. The smallest absolute Gasteiger partial charge is 0.191 e. The minimum absolute atomic E-state index is 0.131. The van der Waals surface area contributed by atoms with E-state index in [2.05, 4.69) is 67.7 Å². The molecule has 0 bridgehead atoms. The highest BCUT2D eigenvalue weighted by molar-refractivity contribution is 5.79. The van der Waals surface area contributed by atoms with Crippen molar-refractivity contribution >= 4 is 5.96 Å². The molecule has 0 unspecified atom stereocenters. The van der Waals surface area contributed by atoms with Crippen LogP contribution in [-0.4, -0.2) is 38.2 Å². The average Bonchev–Trinajstić information content (AvgIpc) is 2.48. The summed E-state index contributed by atoms with van der Waals surface area (Å²) in [6, 6.07) is 6.20. The Labute approximate surface area is 140 Å². The summed E-state index contributed by atoms with van der Waals surface area (Å²) >= 11 is 0. The van der Waals surface area contributed by atoms with Crippen molar-refractivity contribution in [3.8, 4) is 5.75 Å². The Morgan fingerprint density at radius 3 is 2.52 bits per heavy atom. The zero-order valence-electron chi connectivity index (χ0n) is 15.4. The van der Waals surface area contributed by atoms with Crippen LogP contribution in [0.4, 0.5) is 0 Å². The molecule has 0 aliphatic rings. The maximum Gasteiger partial charge on any atom is 0.191 e. The fourth-order valence-electron chi connectivity index (χ4n) is 2.11. The Bertz CT molecular complexity index is 506. The number of aryl methyl sites for hydroxylation is 1. The van der Waals surface area contributed by atoms with Crippen LogP contribution in [0.1, 0.15) is 38.8 Å². The summed E-state index contributed by atoms with van der Waals surface area (Å²) in [4.78, 5) is 4.64. The molecular formula is C18H32N4O. The maximum absolute atomic E-state index is 5.43. The number of guanidine groups is 1. The third kappa shape index (κ3) is 7.88. The maximum atomic E-state index is 5.43. The minimum Gasteiger partial charge on any atom is -0.496 e. The number of aliphatic imine (C=N–C) groups is 1. The van der Waals surface area contributed by atoms with Crippen LogP contribution in [-0.2, 0) is 6.54 Å². The van der Waals surface area contributed by atoms with E-state index in [9.17, 15) is 0 Å². The van der Waals surface area contributed by atoms with Gasteiger partial charge in [-0.05, 0) is 46.2 Å². The normalized spacial score (nSPS) is 12.2. The number of rotatable bonds is 7. The summed E-state index contributed by atoms with van der Waals surface area (Å²) in [6.45, 7) is 13.8. The molecule has 23 heavy (non-hydrogen) atoms. The summed E-state index contributed by atoms with van der Waals surface area (Å²) < 4.78 is 5.43. The first-order chi connectivity index (χ1) is 10.9. The van der Waals surface area contributed by atoms with Crippen molar-refractivity contribution < 1.29 is 4.74 Å². The molecule has 5 heteroatoms. The number of nitrogens with zero attached hydrogens (tertiary/aromatic N) is 1. The van der Waals surface area contributed by atoms with Gasteiger partial charge in [-0.15, -0.1) is 0 Å².